The highest BCUT2D eigenvalue weighted by Gasteiger charge is 2.28. The third-order valence-corrected chi connectivity index (χ3v) is 4.40. The van der Waals surface area contributed by atoms with Gasteiger partial charge in [0.15, 0.2) is 0 Å². The Morgan fingerprint density at radius 1 is 1.00 bits per heavy atom. The standard InChI is InChI=1S/C22H17FN2O5/c1-14-18(8-5-9-19(14)25(28)29)22(27)30-20(15-6-3-2-4-7-15)21(26)24-17-12-10-16(23)11-13-17/h2-13,20H,1H3,(H,24,26)/t20-/m0/s1. The molecule has 0 saturated carbocycles. The summed E-state index contributed by atoms with van der Waals surface area (Å²) >= 11 is 0. The lowest BCUT2D eigenvalue weighted by molar-refractivity contribution is -0.385. The van der Waals surface area contributed by atoms with E-state index in [2.05, 4.69) is 5.32 Å². The number of halogens is 1. The van der Waals surface area contributed by atoms with Crippen LogP contribution in [-0.2, 0) is 9.53 Å². The number of ether oxygens (including phenoxy) is 1. The van der Waals surface area contributed by atoms with Crippen LogP contribution in [0, 0.1) is 22.9 Å². The topological polar surface area (TPSA) is 98.5 Å². The molecule has 152 valence electrons. The molecule has 1 N–H and O–H groups in total. The first-order valence-electron chi connectivity index (χ1n) is 8.93. The van der Waals surface area contributed by atoms with Gasteiger partial charge in [0.1, 0.15) is 5.82 Å². The molecule has 0 saturated heterocycles. The number of nitro benzene ring substituents is 1. The zero-order valence-corrected chi connectivity index (χ0v) is 15.9. The van der Waals surface area contributed by atoms with Crippen LogP contribution in [0.25, 0.3) is 0 Å². The number of nitrogens with one attached hydrogen (secondary N) is 1. The molecule has 0 aliphatic carbocycles. The van der Waals surface area contributed by atoms with Crippen LogP contribution in [0.15, 0.2) is 72.8 Å². The molecule has 1 atom stereocenters. The fourth-order valence-corrected chi connectivity index (χ4v) is 2.85. The molecule has 0 unspecified atom stereocenters. The van der Waals surface area contributed by atoms with Crippen molar-refractivity contribution < 1.29 is 23.6 Å². The van der Waals surface area contributed by atoms with Gasteiger partial charge in [-0.1, -0.05) is 36.4 Å². The Morgan fingerprint density at radius 2 is 1.67 bits per heavy atom. The highest BCUT2D eigenvalue weighted by atomic mass is 19.1. The van der Waals surface area contributed by atoms with Gasteiger partial charge in [-0.25, -0.2) is 9.18 Å². The molecular formula is C22H17FN2O5. The Hall–Kier alpha value is -4.07. The van der Waals surface area contributed by atoms with Gasteiger partial charge in [0, 0.05) is 22.9 Å². The minimum absolute atomic E-state index is 0.0142. The lowest BCUT2D eigenvalue weighted by Gasteiger charge is -2.18. The number of esters is 1. The van der Waals surface area contributed by atoms with Crippen LogP contribution in [0.1, 0.15) is 27.6 Å². The Kier molecular flexibility index (Phi) is 6.17. The SMILES string of the molecule is Cc1c(C(=O)O[C@H](C(=O)Nc2ccc(F)cc2)c2ccccc2)cccc1[N+](=O)[O-]. The summed E-state index contributed by atoms with van der Waals surface area (Å²) in [5.74, 6) is -1.98. The van der Waals surface area contributed by atoms with E-state index >= 15 is 0 Å². The number of hydrogen-bond donors (Lipinski definition) is 1. The number of carbonyl (C=O) groups excluding carboxylic acids is 2. The second-order valence-electron chi connectivity index (χ2n) is 6.40. The molecule has 0 radical (unpaired) electrons. The summed E-state index contributed by atoms with van der Waals surface area (Å²) in [6.45, 7) is 1.44. The highest BCUT2D eigenvalue weighted by molar-refractivity contribution is 5.98. The minimum atomic E-state index is -1.32. The van der Waals surface area contributed by atoms with E-state index in [4.69, 9.17) is 4.74 Å². The summed E-state index contributed by atoms with van der Waals surface area (Å²) in [4.78, 5) is 36.1. The molecular weight excluding hydrogens is 391 g/mol. The molecule has 0 bridgehead atoms. The fourth-order valence-electron chi connectivity index (χ4n) is 2.85. The lowest BCUT2D eigenvalue weighted by atomic mass is 10.1. The van der Waals surface area contributed by atoms with E-state index in [0.29, 0.717) is 11.3 Å². The van der Waals surface area contributed by atoms with Crippen molar-refractivity contribution >= 4 is 23.3 Å². The number of rotatable bonds is 6. The van der Waals surface area contributed by atoms with Crippen molar-refractivity contribution in [2.45, 2.75) is 13.0 Å². The predicted octanol–water partition coefficient (Wildman–Crippen LogP) is 4.58. The van der Waals surface area contributed by atoms with Crippen molar-refractivity contribution in [1.82, 2.24) is 0 Å². The Morgan fingerprint density at radius 3 is 2.30 bits per heavy atom. The van der Waals surface area contributed by atoms with Gasteiger partial charge in [0.25, 0.3) is 11.6 Å². The van der Waals surface area contributed by atoms with Gasteiger partial charge < -0.3 is 10.1 Å². The van der Waals surface area contributed by atoms with Crippen molar-refractivity contribution in [3.8, 4) is 0 Å². The van der Waals surface area contributed by atoms with Gasteiger partial charge in [-0.2, -0.15) is 0 Å². The second kappa shape index (κ2) is 8.95. The first-order chi connectivity index (χ1) is 14.4. The van der Waals surface area contributed by atoms with Crippen LogP contribution in [0.2, 0.25) is 0 Å². The summed E-state index contributed by atoms with van der Waals surface area (Å²) in [5, 5.41) is 13.7. The number of anilines is 1. The predicted molar refractivity (Wildman–Crippen MR) is 107 cm³/mol. The van der Waals surface area contributed by atoms with Gasteiger partial charge in [-0.05, 0) is 37.3 Å². The van der Waals surface area contributed by atoms with Gasteiger partial charge >= 0.3 is 5.97 Å². The number of amides is 1. The van der Waals surface area contributed by atoms with Crippen molar-refractivity contribution in [2.24, 2.45) is 0 Å². The number of hydrogen-bond acceptors (Lipinski definition) is 5. The monoisotopic (exact) mass is 408 g/mol. The van der Waals surface area contributed by atoms with E-state index in [1.165, 1.54) is 49.4 Å². The molecule has 8 heteroatoms. The van der Waals surface area contributed by atoms with Crippen LogP contribution in [0.4, 0.5) is 15.8 Å². The number of carbonyl (C=O) groups is 2. The van der Waals surface area contributed by atoms with E-state index in [9.17, 15) is 24.1 Å². The zero-order chi connectivity index (χ0) is 21.7. The maximum atomic E-state index is 13.1. The van der Waals surface area contributed by atoms with Crippen LogP contribution in [0.5, 0.6) is 0 Å². The third kappa shape index (κ3) is 4.67. The number of nitro groups is 1. The Bertz CT molecular complexity index is 1080. The Labute approximate surface area is 171 Å². The molecule has 0 aliphatic heterocycles. The average Bonchev–Trinajstić information content (AvgIpc) is 2.74. The van der Waals surface area contributed by atoms with Gasteiger partial charge in [0.05, 0.1) is 10.5 Å². The fraction of sp³-hybridized carbons (Fsp3) is 0.0909. The maximum absolute atomic E-state index is 13.1. The highest BCUT2D eigenvalue weighted by Crippen LogP contribution is 2.26. The third-order valence-electron chi connectivity index (χ3n) is 4.40. The van der Waals surface area contributed by atoms with Crippen molar-refractivity contribution in [3.05, 3.63) is 105 Å². The zero-order valence-electron chi connectivity index (χ0n) is 15.9. The van der Waals surface area contributed by atoms with E-state index in [1.54, 1.807) is 30.3 Å². The first kappa shape index (κ1) is 20.7. The summed E-state index contributed by atoms with van der Waals surface area (Å²) in [6, 6.07) is 17.5. The molecule has 0 spiro atoms. The summed E-state index contributed by atoms with van der Waals surface area (Å²) in [6.07, 6.45) is -1.32. The van der Waals surface area contributed by atoms with E-state index in [-0.39, 0.29) is 16.8 Å². The Balaban J connectivity index is 1.89. The van der Waals surface area contributed by atoms with Crippen molar-refractivity contribution in [1.29, 1.82) is 0 Å². The molecule has 0 aliphatic rings. The summed E-state index contributed by atoms with van der Waals surface area (Å²) < 4.78 is 18.6. The smallest absolute Gasteiger partial charge is 0.339 e. The molecule has 1 amide bonds. The first-order valence-corrected chi connectivity index (χ1v) is 8.93. The van der Waals surface area contributed by atoms with E-state index in [1.807, 2.05) is 0 Å². The average molecular weight is 408 g/mol. The van der Waals surface area contributed by atoms with Gasteiger partial charge in [-0.15, -0.1) is 0 Å². The second-order valence-corrected chi connectivity index (χ2v) is 6.40. The van der Waals surface area contributed by atoms with Crippen molar-refractivity contribution in [2.75, 3.05) is 5.32 Å². The van der Waals surface area contributed by atoms with Gasteiger partial charge in [0.2, 0.25) is 6.10 Å². The molecule has 0 fully saturated rings. The van der Waals surface area contributed by atoms with Crippen LogP contribution < -0.4 is 5.32 Å². The minimum Gasteiger partial charge on any atom is -0.444 e. The quantitative estimate of drug-likeness (QED) is 0.366. The molecule has 0 aromatic heterocycles. The number of benzene rings is 3. The summed E-state index contributed by atoms with van der Waals surface area (Å²) in [7, 11) is 0. The van der Waals surface area contributed by atoms with E-state index < -0.39 is 28.7 Å². The van der Waals surface area contributed by atoms with Gasteiger partial charge in [-0.3, -0.25) is 14.9 Å². The van der Waals surface area contributed by atoms with Crippen LogP contribution >= 0.6 is 0 Å². The van der Waals surface area contributed by atoms with E-state index in [0.717, 1.165) is 0 Å². The van der Waals surface area contributed by atoms with Crippen molar-refractivity contribution in [3.63, 3.8) is 0 Å². The normalized spacial score (nSPS) is 11.4. The molecule has 0 heterocycles. The summed E-state index contributed by atoms with van der Waals surface area (Å²) in [5.41, 5.74) is 0.632. The molecule has 30 heavy (non-hydrogen) atoms. The van der Waals surface area contributed by atoms with Crippen LogP contribution in [0.3, 0.4) is 0 Å². The van der Waals surface area contributed by atoms with Crippen LogP contribution in [-0.4, -0.2) is 16.8 Å². The largest absolute Gasteiger partial charge is 0.444 e. The molecule has 3 aromatic carbocycles. The number of nitrogens with zero attached hydrogens (tertiary/aromatic N) is 1. The molecule has 3 aromatic rings. The lowest BCUT2D eigenvalue weighted by Crippen LogP contribution is -2.26. The molecule has 3 rings (SSSR count). The molecule has 7 nitrogen and oxygen atoms in total. The maximum Gasteiger partial charge on any atom is 0.339 e.